The second-order valence-corrected chi connectivity index (χ2v) is 9.37. The summed E-state index contributed by atoms with van der Waals surface area (Å²) in [5.74, 6) is 0.472. The maximum atomic E-state index is 11.7. The van der Waals surface area contributed by atoms with Gasteiger partial charge < -0.3 is 5.32 Å². The number of hydrogen-bond acceptors (Lipinski definition) is 4. The average Bonchev–Trinajstić information content (AvgIpc) is 3.04. The molecule has 1 aliphatic heterocycles. The van der Waals surface area contributed by atoms with Crippen molar-refractivity contribution in [2.45, 2.75) is 39.3 Å². The molecule has 0 unspecified atom stereocenters. The molecule has 1 aromatic heterocycles. The Kier molecular flexibility index (Phi) is 5.51. The van der Waals surface area contributed by atoms with Gasteiger partial charge in [-0.05, 0) is 50.9 Å². The highest BCUT2D eigenvalue weighted by Crippen LogP contribution is 2.26. The van der Waals surface area contributed by atoms with E-state index in [0.29, 0.717) is 6.42 Å². The van der Waals surface area contributed by atoms with E-state index in [1.165, 1.54) is 5.56 Å². The van der Waals surface area contributed by atoms with Crippen molar-refractivity contribution >= 4 is 21.4 Å². The van der Waals surface area contributed by atoms with Crippen LogP contribution in [0.15, 0.2) is 24.3 Å². The Morgan fingerprint density at radius 1 is 1.36 bits per heavy atom. The first kappa shape index (κ1) is 18.4. The zero-order valence-electron chi connectivity index (χ0n) is 14.6. The molecule has 2 aromatic rings. The van der Waals surface area contributed by atoms with Gasteiger partial charge in [-0.2, -0.15) is 5.10 Å². The van der Waals surface area contributed by atoms with Crippen LogP contribution in [0.25, 0.3) is 0 Å². The lowest BCUT2D eigenvalue weighted by molar-refractivity contribution is 0.485. The first-order chi connectivity index (χ1) is 11.9. The number of nitrogens with zero attached hydrogens (tertiary/aromatic N) is 2. The van der Waals surface area contributed by atoms with Gasteiger partial charge in [0, 0.05) is 22.8 Å². The van der Waals surface area contributed by atoms with Gasteiger partial charge in [0.15, 0.2) is 9.84 Å². The number of sulfone groups is 1. The summed E-state index contributed by atoms with van der Waals surface area (Å²) >= 11 is 6.01. The van der Waals surface area contributed by atoms with E-state index in [1.807, 2.05) is 36.7 Å². The van der Waals surface area contributed by atoms with E-state index in [2.05, 4.69) is 16.5 Å². The third-order valence-corrected chi connectivity index (χ3v) is 6.80. The van der Waals surface area contributed by atoms with Crippen molar-refractivity contribution in [2.24, 2.45) is 0 Å². The molecule has 0 radical (unpaired) electrons. The average molecular weight is 382 g/mol. The maximum absolute atomic E-state index is 11.7. The van der Waals surface area contributed by atoms with Gasteiger partial charge in [-0.25, -0.2) is 8.42 Å². The molecule has 1 aliphatic rings. The summed E-state index contributed by atoms with van der Waals surface area (Å²) in [7, 11) is -2.91. The van der Waals surface area contributed by atoms with Crippen molar-refractivity contribution in [3.05, 3.63) is 51.8 Å². The third-order valence-electron chi connectivity index (χ3n) is 4.81. The minimum Gasteiger partial charge on any atom is -0.312 e. The lowest BCUT2D eigenvalue weighted by atomic mass is 10.1. The predicted octanol–water partition coefficient (Wildman–Crippen LogP) is 2.85. The van der Waals surface area contributed by atoms with Crippen LogP contribution in [0, 0.1) is 13.8 Å². The molecule has 0 amide bonds. The molecular weight excluding hydrogens is 358 g/mol. The first-order valence-corrected chi connectivity index (χ1v) is 10.8. The number of rotatable bonds is 6. The van der Waals surface area contributed by atoms with Crippen molar-refractivity contribution in [1.82, 2.24) is 15.1 Å². The Labute approximate surface area is 154 Å². The highest BCUT2D eigenvalue weighted by molar-refractivity contribution is 7.91. The Morgan fingerprint density at radius 2 is 2.16 bits per heavy atom. The molecule has 136 valence electrons. The molecule has 0 spiro atoms. The van der Waals surface area contributed by atoms with Crippen LogP contribution >= 0.6 is 11.6 Å². The fraction of sp³-hybridized carbons (Fsp3) is 0.500. The van der Waals surface area contributed by atoms with Gasteiger partial charge in [-0.3, -0.25) is 4.68 Å². The van der Waals surface area contributed by atoms with Crippen molar-refractivity contribution < 1.29 is 8.42 Å². The van der Waals surface area contributed by atoms with Gasteiger partial charge in [-0.1, -0.05) is 23.7 Å². The Hall–Kier alpha value is -1.37. The molecule has 5 nitrogen and oxygen atoms in total. The number of nitrogens with one attached hydrogen (secondary N) is 1. The number of aryl methyl sites for hydroxylation is 1. The van der Waals surface area contributed by atoms with Crippen LogP contribution in [0.3, 0.4) is 0 Å². The highest BCUT2D eigenvalue weighted by atomic mass is 35.5. The smallest absolute Gasteiger partial charge is 0.152 e. The molecule has 2 heterocycles. The van der Waals surface area contributed by atoms with Gasteiger partial charge in [-0.15, -0.1) is 0 Å². The summed E-state index contributed by atoms with van der Waals surface area (Å²) in [4.78, 5) is 0. The van der Waals surface area contributed by atoms with Crippen molar-refractivity contribution in [1.29, 1.82) is 0 Å². The summed E-state index contributed by atoms with van der Waals surface area (Å²) in [6, 6.07) is 7.87. The van der Waals surface area contributed by atoms with E-state index >= 15 is 0 Å². The zero-order chi connectivity index (χ0) is 18.0. The van der Waals surface area contributed by atoms with Gasteiger partial charge >= 0.3 is 0 Å². The number of halogens is 1. The molecule has 7 heteroatoms. The normalized spacial score (nSPS) is 19.4. The van der Waals surface area contributed by atoms with Crippen LogP contribution in [-0.4, -0.2) is 36.2 Å². The summed E-state index contributed by atoms with van der Waals surface area (Å²) in [6.45, 7) is 5.60. The Bertz CT molecular complexity index is 861. The fourth-order valence-electron chi connectivity index (χ4n) is 3.42. The van der Waals surface area contributed by atoms with Crippen molar-refractivity contribution in [3.8, 4) is 0 Å². The van der Waals surface area contributed by atoms with Gasteiger partial charge in [0.25, 0.3) is 0 Å². The zero-order valence-corrected chi connectivity index (χ0v) is 16.2. The molecule has 1 aromatic carbocycles. The van der Waals surface area contributed by atoms with Gasteiger partial charge in [0.1, 0.15) is 0 Å². The largest absolute Gasteiger partial charge is 0.312 e. The number of hydrogen-bond donors (Lipinski definition) is 1. The molecule has 0 saturated carbocycles. The second-order valence-electron chi connectivity index (χ2n) is 6.71. The van der Waals surface area contributed by atoms with Crippen LogP contribution in [0.4, 0.5) is 0 Å². The number of aromatic nitrogens is 2. The maximum Gasteiger partial charge on any atom is 0.152 e. The third kappa shape index (κ3) is 4.43. The highest BCUT2D eigenvalue weighted by Gasteiger charge is 2.31. The van der Waals surface area contributed by atoms with E-state index in [4.69, 9.17) is 11.6 Å². The molecule has 1 fully saturated rings. The van der Waals surface area contributed by atoms with E-state index < -0.39 is 9.84 Å². The van der Waals surface area contributed by atoms with Crippen molar-refractivity contribution in [2.75, 3.05) is 18.1 Å². The Morgan fingerprint density at radius 3 is 2.84 bits per heavy atom. The van der Waals surface area contributed by atoms with Crippen LogP contribution in [-0.2, 0) is 22.8 Å². The topological polar surface area (TPSA) is 64.0 Å². The molecule has 1 N–H and O–H groups in total. The molecule has 25 heavy (non-hydrogen) atoms. The quantitative estimate of drug-likeness (QED) is 0.781. The molecule has 1 atom stereocenters. The van der Waals surface area contributed by atoms with Gasteiger partial charge in [0.05, 0.1) is 23.2 Å². The van der Waals surface area contributed by atoms with E-state index in [1.54, 1.807) is 0 Å². The lowest BCUT2D eigenvalue weighted by Crippen LogP contribution is -2.18. The molecule has 1 saturated heterocycles. The summed E-state index contributed by atoms with van der Waals surface area (Å²) in [6.07, 6.45) is 1.57. The van der Waals surface area contributed by atoms with Crippen molar-refractivity contribution in [3.63, 3.8) is 0 Å². The first-order valence-electron chi connectivity index (χ1n) is 8.56. The summed E-state index contributed by atoms with van der Waals surface area (Å²) < 4.78 is 25.4. The van der Waals surface area contributed by atoms with E-state index in [-0.39, 0.29) is 17.5 Å². The monoisotopic (exact) mass is 381 g/mol. The van der Waals surface area contributed by atoms with Crippen LogP contribution in [0.1, 0.15) is 35.0 Å². The SMILES string of the molecule is Cc1nn([C@@H]2CCS(=O)(=O)C2)c(C)c1CNCCc1cccc(Cl)c1. The number of benzene rings is 1. The molecule has 0 aliphatic carbocycles. The van der Waals surface area contributed by atoms with Crippen LogP contribution in [0.2, 0.25) is 5.02 Å². The van der Waals surface area contributed by atoms with Crippen LogP contribution in [0.5, 0.6) is 0 Å². The molecule has 3 rings (SSSR count). The predicted molar refractivity (Wildman–Crippen MR) is 101 cm³/mol. The summed E-state index contributed by atoms with van der Waals surface area (Å²) in [5, 5.41) is 8.82. The fourth-order valence-corrected chi connectivity index (χ4v) is 5.32. The molecule has 0 bridgehead atoms. The lowest BCUT2D eigenvalue weighted by Gasteiger charge is -2.12. The Balaban J connectivity index is 1.60. The minimum absolute atomic E-state index is 0.0242. The van der Waals surface area contributed by atoms with Gasteiger partial charge in [0.2, 0.25) is 0 Å². The summed E-state index contributed by atoms with van der Waals surface area (Å²) in [5.41, 5.74) is 4.41. The molecular formula is C18H24ClN3O2S. The minimum atomic E-state index is -2.91. The van der Waals surface area contributed by atoms with E-state index in [0.717, 1.165) is 41.5 Å². The second kappa shape index (κ2) is 7.48. The van der Waals surface area contributed by atoms with Crippen LogP contribution < -0.4 is 5.32 Å². The van der Waals surface area contributed by atoms with E-state index in [9.17, 15) is 8.42 Å². The standard InChI is InChI=1S/C18H24ClN3O2S/c1-13-18(11-20-8-6-15-4-3-5-16(19)10-15)14(2)22(21-13)17-7-9-25(23,24)12-17/h3-5,10,17,20H,6-9,11-12H2,1-2H3/t17-/m1/s1.